The molecule has 0 radical (unpaired) electrons. The number of rotatable bonds is 0. The van der Waals surface area contributed by atoms with Crippen LogP contribution in [0.1, 0.15) is 19.4 Å². The van der Waals surface area contributed by atoms with E-state index in [1.807, 2.05) is 19.2 Å². The summed E-state index contributed by atoms with van der Waals surface area (Å²) in [6.07, 6.45) is 0. The number of carbonyl (C=O) groups excluding carboxylic acids is 1. The van der Waals surface area contributed by atoms with Crippen molar-refractivity contribution < 1.29 is 4.79 Å². The lowest BCUT2D eigenvalue weighted by atomic mass is 9.83. The third kappa shape index (κ3) is 1.65. The number of thioether (sulfide) groups is 1. The van der Waals surface area contributed by atoms with Crippen molar-refractivity contribution >= 4 is 39.9 Å². The molecule has 6 heteroatoms. The zero-order valence-electron chi connectivity index (χ0n) is 11.5. The quantitative estimate of drug-likeness (QED) is 0.345. The molecule has 0 saturated carbocycles. The fourth-order valence-corrected chi connectivity index (χ4v) is 4.28. The average Bonchev–Trinajstić information content (AvgIpc) is 2.77. The Labute approximate surface area is 127 Å². The molecule has 2 N–H and O–H groups in total. The predicted octanol–water partition coefficient (Wildman–Crippen LogP) is 2.36. The highest BCUT2D eigenvalue weighted by molar-refractivity contribution is 8.26. The molecule has 4 nitrogen and oxygen atoms in total. The van der Waals surface area contributed by atoms with Crippen molar-refractivity contribution in [3.63, 3.8) is 0 Å². The van der Waals surface area contributed by atoms with Gasteiger partial charge in [0.2, 0.25) is 0 Å². The van der Waals surface area contributed by atoms with Gasteiger partial charge in [0.1, 0.15) is 4.91 Å². The Kier molecular flexibility index (Phi) is 2.93. The molecule has 0 unspecified atom stereocenters. The first-order valence-electron chi connectivity index (χ1n) is 6.24. The fraction of sp³-hybridized carbons (Fsp3) is 0.286. The largest absolute Gasteiger partial charge is 0.346 e. The summed E-state index contributed by atoms with van der Waals surface area (Å²) in [7, 11) is 1.98. The highest BCUT2D eigenvalue weighted by Gasteiger charge is 2.45. The molecule has 3 rings (SSSR count). The van der Waals surface area contributed by atoms with Crippen LogP contribution in [0.15, 0.2) is 34.9 Å². The number of allylic oxidation sites excluding steroid dienone is 1. The van der Waals surface area contributed by atoms with E-state index in [1.165, 1.54) is 17.3 Å². The molecule has 0 aliphatic carbocycles. The number of thiocarbonyl (C=S) groups is 1. The van der Waals surface area contributed by atoms with Crippen LogP contribution >= 0.6 is 24.0 Å². The number of carbonyl (C=O) groups is 1. The van der Waals surface area contributed by atoms with Gasteiger partial charge in [-0.3, -0.25) is 4.79 Å². The number of benzene rings is 1. The highest BCUT2D eigenvalue weighted by atomic mass is 32.2. The van der Waals surface area contributed by atoms with Crippen LogP contribution in [0, 0.1) is 0 Å². The number of para-hydroxylation sites is 1. The molecule has 0 spiro atoms. The lowest BCUT2D eigenvalue weighted by Gasteiger charge is -2.25. The first-order valence-corrected chi connectivity index (χ1v) is 7.47. The molecule has 1 fully saturated rings. The highest BCUT2D eigenvalue weighted by Crippen LogP contribution is 2.50. The maximum absolute atomic E-state index is 12.3. The standard InChI is InChI=1S/C14H15N3OS2/c1-14(2)8-6-4-5-7-9(8)16(3)11(14)10-12(18)17(15)13(19)20-10/h4-7H,15H2,1-3H3/b11-10+. The number of nitrogens with two attached hydrogens (primary N) is 1. The van der Waals surface area contributed by atoms with Gasteiger partial charge in [0.05, 0.1) is 0 Å². The Morgan fingerprint density at radius 1 is 1.30 bits per heavy atom. The molecule has 2 aliphatic heterocycles. The van der Waals surface area contributed by atoms with Crippen molar-refractivity contribution in [1.82, 2.24) is 5.01 Å². The predicted molar refractivity (Wildman–Crippen MR) is 86.1 cm³/mol. The van der Waals surface area contributed by atoms with Crippen LogP contribution in [0.25, 0.3) is 0 Å². The van der Waals surface area contributed by atoms with Gasteiger partial charge in [-0.05, 0) is 11.6 Å². The zero-order chi connectivity index (χ0) is 14.7. The van der Waals surface area contributed by atoms with E-state index in [0.717, 1.165) is 16.4 Å². The van der Waals surface area contributed by atoms with Gasteiger partial charge in [-0.1, -0.05) is 56.0 Å². The van der Waals surface area contributed by atoms with Gasteiger partial charge in [0, 0.05) is 23.8 Å². The van der Waals surface area contributed by atoms with Crippen LogP contribution in [-0.4, -0.2) is 22.3 Å². The molecule has 1 aromatic carbocycles. The molecule has 2 heterocycles. The van der Waals surface area contributed by atoms with Crippen LogP contribution in [0.2, 0.25) is 0 Å². The van der Waals surface area contributed by atoms with E-state index in [0.29, 0.717) is 9.23 Å². The molecule has 0 atom stereocenters. The molecule has 0 bridgehead atoms. The van der Waals surface area contributed by atoms with E-state index in [-0.39, 0.29) is 11.3 Å². The van der Waals surface area contributed by atoms with Crippen molar-refractivity contribution in [3.8, 4) is 0 Å². The van der Waals surface area contributed by atoms with Gasteiger partial charge in [-0.25, -0.2) is 10.9 Å². The van der Waals surface area contributed by atoms with Crippen molar-refractivity contribution in [2.75, 3.05) is 11.9 Å². The maximum atomic E-state index is 12.3. The second kappa shape index (κ2) is 4.31. The number of hydrogen-bond acceptors (Lipinski definition) is 5. The third-order valence-corrected chi connectivity index (χ3v) is 5.27. The summed E-state index contributed by atoms with van der Waals surface area (Å²) in [5.41, 5.74) is 3.04. The molecule has 1 saturated heterocycles. The van der Waals surface area contributed by atoms with Gasteiger partial charge >= 0.3 is 0 Å². The summed E-state index contributed by atoms with van der Waals surface area (Å²) in [4.78, 5) is 15.0. The van der Waals surface area contributed by atoms with Crippen LogP contribution in [0.4, 0.5) is 5.69 Å². The smallest absolute Gasteiger partial charge is 0.282 e. The van der Waals surface area contributed by atoms with E-state index < -0.39 is 0 Å². The molecule has 1 aromatic rings. The van der Waals surface area contributed by atoms with Crippen LogP contribution in [0.5, 0.6) is 0 Å². The third-order valence-electron chi connectivity index (χ3n) is 3.88. The number of hydrogen-bond donors (Lipinski definition) is 1. The minimum Gasteiger partial charge on any atom is -0.346 e. The average molecular weight is 305 g/mol. The molecular formula is C14H15N3OS2. The Morgan fingerprint density at radius 2 is 1.95 bits per heavy atom. The van der Waals surface area contributed by atoms with Gasteiger partial charge in [-0.2, -0.15) is 0 Å². The number of fused-ring (bicyclic) bond motifs is 1. The van der Waals surface area contributed by atoms with Crippen molar-refractivity contribution in [1.29, 1.82) is 0 Å². The summed E-state index contributed by atoms with van der Waals surface area (Å²) < 4.78 is 0.401. The second-order valence-electron chi connectivity index (χ2n) is 5.42. The van der Waals surface area contributed by atoms with E-state index in [4.69, 9.17) is 18.1 Å². The Balaban J connectivity index is 2.23. The van der Waals surface area contributed by atoms with E-state index in [1.54, 1.807) is 0 Å². The number of hydrazine groups is 1. The van der Waals surface area contributed by atoms with Crippen LogP contribution in [-0.2, 0) is 10.2 Å². The van der Waals surface area contributed by atoms with E-state index in [9.17, 15) is 4.79 Å². The number of likely N-dealkylation sites (N-methyl/N-ethyl adjacent to an activating group) is 1. The van der Waals surface area contributed by atoms with E-state index in [2.05, 4.69) is 30.9 Å². The minimum absolute atomic E-state index is 0.220. The van der Waals surface area contributed by atoms with Crippen LogP contribution < -0.4 is 10.7 Å². The molecule has 20 heavy (non-hydrogen) atoms. The van der Waals surface area contributed by atoms with Crippen molar-refractivity contribution in [2.45, 2.75) is 19.3 Å². The minimum atomic E-state index is -0.246. The fourth-order valence-electron chi connectivity index (χ4n) is 2.92. The van der Waals surface area contributed by atoms with Gasteiger partial charge in [-0.15, -0.1) is 0 Å². The Bertz CT molecular complexity index is 666. The Hall–Kier alpha value is -1.37. The summed E-state index contributed by atoms with van der Waals surface area (Å²) in [6, 6.07) is 8.18. The second-order valence-corrected chi connectivity index (χ2v) is 7.07. The first-order chi connectivity index (χ1) is 9.35. The normalized spacial score (nSPS) is 24.6. The van der Waals surface area contributed by atoms with Crippen LogP contribution in [0.3, 0.4) is 0 Å². The van der Waals surface area contributed by atoms with Gasteiger partial charge < -0.3 is 4.90 Å². The molecule has 2 aliphatic rings. The molecule has 1 amide bonds. The lowest BCUT2D eigenvalue weighted by Crippen LogP contribution is -2.36. The van der Waals surface area contributed by atoms with E-state index >= 15 is 0 Å². The molecule has 0 aromatic heterocycles. The summed E-state index contributed by atoms with van der Waals surface area (Å²) in [6.45, 7) is 4.24. The summed E-state index contributed by atoms with van der Waals surface area (Å²) in [5, 5.41) is 1.05. The summed E-state index contributed by atoms with van der Waals surface area (Å²) >= 11 is 6.40. The van der Waals surface area contributed by atoms with Gasteiger partial charge in [0.15, 0.2) is 4.32 Å². The Morgan fingerprint density at radius 3 is 2.50 bits per heavy atom. The molecule has 104 valence electrons. The van der Waals surface area contributed by atoms with Crippen molar-refractivity contribution in [2.24, 2.45) is 5.84 Å². The maximum Gasteiger partial charge on any atom is 0.282 e. The SMILES string of the molecule is CN1/C(=C2/SC(=S)N(N)C2=O)C(C)(C)c2ccccc21. The number of nitrogens with zero attached hydrogens (tertiary/aromatic N) is 2. The van der Waals surface area contributed by atoms with Gasteiger partial charge in [0.25, 0.3) is 5.91 Å². The first kappa shape index (κ1) is 13.6. The zero-order valence-corrected chi connectivity index (χ0v) is 13.1. The monoisotopic (exact) mass is 305 g/mol. The van der Waals surface area contributed by atoms with Crippen molar-refractivity contribution in [3.05, 3.63) is 40.4 Å². The molecular weight excluding hydrogens is 290 g/mol. The summed E-state index contributed by atoms with van der Waals surface area (Å²) in [5.74, 6) is 5.47. The number of amides is 1. The topological polar surface area (TPSA) is 49.6 Å². The number of anilines is 1. The lowest BCUT2D eigenvalue weighted by molar-refractivity contribution is -0.122.